The number of carbonyl (C=O) groups is 1. The van der Waals surface area contributed by atoms with E-state index in [9.17, 15) is 9.90 Å². The lowest BCUT2D eigenvalue weighted by Crippen LogP contribution is -2.33. The van der Waals surface area contributed by atoms with E-state index in [2.05, 4.69) is 5.32 Å². The third-order valence-corrected chi connectivity index (χ3v) is 3.69. The number of rotatable bonds is 6. The highest BCUT2D eigenvalue weighted by atomic mass is 16.5. The molecule has 0 radical (unpaired) electrons. The molecule has 0 saturated heterocycles. The van der Waals surface area contributed by atoms with Crippen LogP contribution in [0.1, 0.15) is 25.7 Å². The monoisotopic (exact) mass is 278 g/mol. The number of carbonyl (C=O) groups excluding carboxylic acids is 1. The Morgan fingerprint density at radius 3 is 2.90 bits per heavy atom. The van der Waals surface area contributed by atoms with Crippen LogP contribution in [0, 0.1) is 5.92 Å². The van der Waals surface area contributed by atoms with Crippen LogP contribution in [0.15, 0.2) is 24.3 Å². The van der Waals surface area contributed by atoms with Gasteiger partial charge in [-0.15, -0.1) is 0 Å². The molecule has 1 aliphatic rings. The van der Waals surface area contributed by atoms with Crippen LogP contribution in [-0.4, -0.2) is 30.3 Å². The summed E-state index contributed by atoms with van der Waals surface area (Å²) < 4.78 is 5.47. The molecular weight excluding hydrogens is 256 g/mol. The Kier molecular flexibility index (Phi) is 5.24. The van der Waals surface area contributed by atoms with Crippen molar-refractivity contribution in [1.29, 1.82) is 0 Å². The van der Waals surface area contributed by atoms with Crippen LogP contribution >= 0.6 is 0 Å². The summed E-state index contributed by atoms with van der Waals surface area (Å²) in [5, 5.41) is 12.5. The molecule has 110 valence electrons. The number of benzene rings is 1. The lowest BCUT2D eigenvalue weighted by atomic mass is 10.1. The fourth-order valence-corrected chi connectivity index (χ4v) is 2.45. The number of nitrogens with two attached hydrogens (primary N) is 1. The number of nitrogens with one attached hydrogen (secondary N) is 1. The second-order valence-electron chi connectivity index (χ2n) is 5.20. The van der Waals surface area contributed by atoms with E-state index in [0.717, 1.165) is 19.3 Å². The molecule has 0 spiro atoms. The third kappa shape index (κ3) is 4.13. The highest BCUT2D eigenvalue weighted by molar-refractivity contribution is 5.76. The number of ether oxygens (including phenoxy) is 1. The first-order valence-corrected chi connectivity index (χ1v) is 7.09. The summed E-state index contributed by atoms with van der Waals surface area (Å²) in [5.74, 6) is 0.745. The molecule has 4 N–H and O–H groups in total. The molecule has 20 heavy (non-hydrogen) atoms. The van der Waals surface area contributed by atoms with Gasteiger partial charge in [0.1, 0.15) is 5.75 Å². The van der Waals surface area contributed by atoms with E-state index in [1.54, 1.807) is 12.1 Å². The Labute approximate surface area is 119 Å². The van der Waals surface area contributed by atoms with Gasteiger partial charge in [0.15, 0.2) is 0 Å². The Bertz CT molecular complexity index is 450. The highest BCUT2D eigenvalue weighted by Crippen LogP contribution is 2.24. The average molecular weight is 278 g/mol. The van der Waals surface area contributed by atoms with Crippen molar-refractivity contribution in [3.05, 3.63) is 24.3 Å². The maximum absolute atomic E-state index is 11.7. The topological polar surface area (TPSA) is 84.6 Å². The van der Waals surface area contributed by atoms with Crippen molar-refractivity contribution in [2.45, 2.75) is 31.8 Å². The van der Waals surface area contributed by atoms with Gasteiger partial charge in [-0.2, -0.15) is 0 Å². The molecule has 1 aromatic rings. The summed E-state index contributed by atoms with van der Waals surface area (Å²) in [6.45, 7) is 0.848. The molecule has 0 aliphatic heterocycles. The first-order valence-electron chi connectivity index (χ1n) is 7.09. The van der Waals surface area contributed by atoms with Crippen molar-refractivity contribution in [2.24, 2.45) is 5.92 Å². The second-order valence-corrected chi connectivity index (χ2v) is 5.20. The van der Waals surface area contributed by atoms with Crippen LogP contribution in [0.3, 0.4) is 0 Å². The van der Waals surface area contributed by atoms with Gasteiger partial charge in [-0.1, -0.05) is 18.6 Å². The van der Waals surface area contributed by atoms with E-state index in [0.29, 0.717) is 24.6 Å². The van der Waals surface area contributed by atoms with Crippen molar-refractivity contribution in [2.75, 3.05) is 18.9 Å². The summed E-state index contributed by atoms with van der Waals surface area (Å²) in [6, 6.07) is 7.22. The lowest BCUT2D eigenvalue weighted by molar-refractivity contribution is -0.121. The van der Waals surface area contributed by atoms with Crippen LogP contribution < -0.4 is 15.8 Å². The van der Waals surface area contributed by atoms with Crippen molar-refractivity contribution >= 4 is 11.6 Å². The molecule has 1 aromatic carbocycles. The smallest absolute Gasteiger partial charge is 0.223 e. The molecule has 1 aliphatic carbocycles. The molecule has 5 heteroatoms. The SMILES string of the molecule is Nc1ccccc1OCCC(=O)NCC1CCCC1O. The minimum atomic E-state index is -0.268. The maximum Gasteiger partial charge on any atom is 0.223 e. The minimum Gasteiger partial charge on any atom is -0.491 e. The average Bonchev–Trinajstić information content (AvgIpc) is 2.84. The molecule has 5 nitrogen and oxygen atoms in total. The van der Waals surface area contributed by atoms with Crippen LogP contribution in [0.5, 0.6) is 5.75 Å². The Morgan fingerprint density at radius 1 is 1.40 bits per heavy atom. The molecule has 0 heterocycles. The third-order valence-electron chi connectivity index (χ3n) is 3.69. The van der Waals surface area contributed by atoms with Gasteiger partial charge in [-0.25, -0.2) is 0 Å². The number of nitrogen functional groups attached to an aromatic ring is 1. The lowest BCUT2D eigenvalue weighted by Gasteiger charge is -2.15. The number of hydrogen-bond donors (Lipinski definition) is 3. The summed E-state index contributed by atoms with van der Waals surface area (Å²) in [5.41, 5.74) is 6.31. The summed E-state index contributed by atoms with van der Waals surface area (Å²) in [6.07, 6.45) is 2.89. The second kappa shape index (κ2) is 7.14. The number of hydrogen-bond acceptors (Lipinski definition) is 4. The Hall–Kier alpha value is -1.75. The Morgan fingerprint density at radius 2 is 2.20 bits per heavy atom. The zero-order valence-corrected chi connectivity index (χ0v) is 11.5. The van der Waals surface area contributed by atoms with Crippen LogP contribution in [-0.2, 0) is 4.79 Å². The van der Waals surface area contributed by atoms with Crippen LogP contribution in [0.2, 0.25) is 0 Å². The molecule has 1 amide bonds. The van der Waals surface area contributed by atoms with Gasteiger partial charge in [-0.05, 0) is 25.0 Å². The fraction of sp³-hybridized carbons (Fsp3) is 0.533. The first kappa shape index (κ1) is 14.7. The van der Waals surface area contributed by atoms with E-state index in [-0.39, 0.29) is 24.3 Å². The number of anilines is 1. The van der Waals surface area contributed by atoms with E-state index in [1.807, 2.05) is 12.1 Å². The van der Waals surface area contributed by atoms with Crippen molar-refractivity contribution in [3.8, 4) is 5.75 Å². The van der Waals surface area contributed by atoms with E-state index in [1.165, 1.54) is 0 Å². The van der Waals surface area contributed by atoms with Crippen molar-refractivity contribution in [3.63, 3.8) is 0 Å². The summed E-state index contributed by atoms with van der Waals surface area (Å²) in [4.78, 5) is 11.7. The predicted molar refractivity (Wildman–Crippen MR) is 77.3 cm³/mol. The molecule has 2 unspecified atom stereocenters. The standard InChI is InChI=1S/C15H22N2O3/c16-12-5-1-2-7-14(12)20-9-8-15(19)17-10-11-4-3-6-13(11)18/h1-2,5,7,11,13,18H,3-4,6,8-10,16H2,(H,17,19). The van der Waals surface area contributed by atoms with Gasteiger partial charge in [0, 0.05) is 12.5 Å². The predicted octanol–water partition coefficient (Wildman–Crippen LogP) is 1.31. The summed E-state index contributed by atoms with van der Waals surface area (Å²) >= 11 is 0. The van der Waals surface area contributed by atoms with E-state index < -0.39 is 0 Å². The molecule has 0 bridgehead atoms. The zero-order chi connectivity index (χ0) is 14.4. The maximum atomic E-state index is 11.7. The summed E-state index contributed by atoms with van der Waals surface area (Å²) in [7, 11) is 0. The molecule has 2 atom stereocenters. The van der Waals surface area contributed by atoms with Gasteiger partial charge < -0.3 is 20.9 Å². The van der Waals surface area contributed by atoms with Gasteiger partial charge >= 0.3 is 0 Å². The van der Waals surface area contributed by atoms with Gasteiger partial charge in [-0.3, -0.25) is 4.79 Å². The number of aliphatic hydroxyl groups excluding tert-OH is 1. The molecule has 2 rings (SSSR count). The first-order chi connectivity index (χ1) is 9.66. The minimum absolute atomic E-state index is 0.0568. The normalized spacial score (nSPS) is 21.6. The van der Waals surface area contributed by atoms with E-state index >= 15 is 0 Å². The number of amides is 1. The van der Waals surface area contributed by atoms with Crippen molar-refractivity contribution < 1.29 is 14.6 Å². The van der Waals surface area contributed by atoms with Crippen LogP contribution in [0.25, 0.3) is 0 Å². The molecular formula is C15H22N2O3. The molecule has 1 fully saturated rings. The van der Waals surface area contributed by atoms with E-state index in [4.69, 9.17) is 10.5 Å². The quantitative estimate of drug-likeness (QED) is 0.685. The van der Waals surface area contributed by atoms with Gasteiger partial charge in [0.2, 0.25) is 5.91 Å². The fourth-order valence-electron chi connectivity index (χ4n) is 2.45. The van der Waals surface area contributed by atoms with Gasteiger partial charge in [0.25, 0.3) is 0 Å². The number of para-hydroxylation sites is 2. The van der Waals surface area contributed by atoms with Gasteiger partial charge in [0.05, 0.1) is 24.8 Å². The number of aliphatic hydroxyl groups is 1. The zero-order valence-electron chi connectivity index (χ0n) is 11.5. The molecule has 1 saturated carbocycles. The van der Waals surface area contributed by atoms with Crippen molar-refractivity contribution in [1.82, 2.24) is 5.32 Å². The molecule has 0 aromatic heterocycles. The Balaban J connectivity index is 1.64. The highest BCUT2D eigenvalue weighted by Gasteiger charge is 2.25. The van der Waals surface area contributed by atoms with Crippen LogP contribution in [0.4, 0.5) is 5.69 Å². The largest absolute Gasteiger partial charge is 0.491 e.